The summed E-state index contributed by atoms with van der Waals surface area (Å²) in [6.07, 6.45) is 16.5. The largest absolute Gasteiger partial charge is 0.207 e. The summed E-state index contributed by atoms with van der Waals surface area (Å²) in [6, 6.07) is 3.96. The van der Waals surface area contributed by atoms with E-state index in [-0.39, 0.29) is 0 Å². The zero-order valence-electron chi connectivity index (χ0n) is 15.6. The molecule has 0 spiro atoms. The molecule has 2 aliphatic carbocycles. The van der Waals surface area contributed by atoms with Crippen LogP contribution in [0.25, 0.3) is 5.57 Å². The quantitative estimate of drug-likeness (QED) is 0.467. The lowest BCUT2D eigenvalue weighted by molar-refractivity contribution is 0.187. The van der Waals surface area contributed by atoms with Crippen LogP contribution >= 0.6 is 0 Å². The van der Waals surface area contributed by atoms with Crippen molar-refractivity contribution >= 4 is 5.57 Å². The van der Waals surface area contributed by atoms with Crippen molar-refractivity contribution in [2.24, 2.45) is 17.8 Å². The highest BCUT2D eigenvalue weighted by atomic mass is 19.1. The zero-order valence-corrected chi connectivity index (χ0v) is 15.6. The van der Waals surface area contributed by atoms with Crippen molar-refractivity contribution in [1.29, 1.82) is 0 Å². The maximum atomic E-state index is 14.0. The van der Waals surface area contributed by atoms with Crippen LogP contribution in [0, 0.1) is 29.4 Å². The molecule has 1 aromatic carbocycles. The Morgan fingerprint density at radius 1 is 0.960 bits per heavy atom. The molecule has 0 N–H and O–H groups in total. The van der Waals surface area contributed by atoms with Crippen molar-refractivity contribution in [3.8, 4) is 0 Å². The molecule has 0 heterocycles. The van der Waals surface area contributed by atoms with Crippen molar-refractivity contribution in [3.63, 3.8) is 0 Å². The van der Waals surface area contributed by atoms with E-state index in [4.69, 9.17) is 0 Å². The predicted molar refractivity (Wildman–Crippen MR) is 101 cm³/mol. The van der Waals surface area contributed by atoms with Gasteiger partial charge in [-0.3, -0.25) is 0 Å². The smallest absolute Gasteiger partial charge is 0.133 e. The summed E-state index contributed by atoms with van der Waals surface area (Å²) < 4.78 is 27.1. The Morgan fingerprint density at radius 2 is 1.76 bits per heavy atom. The van der Waals surface area contributed by atoms with Gasteiger partial charge >= 0.3 is 0 Å². The van der Waals surface area contributed by atoms with Crippen molar-refractivity contribution in [1.82, 2.24) is 0 Å². The second-order valence-corrected chi connectivity index (χ2v) is 8.16. The van der Waals surface area contributed by atoms with Gasteiger partial charge in [0.15, 0.2) is 0 Å². The fourth-order valence-corrected chi connectivity index (χ4v) is 4.91. The van der Waals surface area contributed by atoms with Crippen molar-refractivity contribution in [2.75, 3.05) is 0 Å². The molecular formula is C23H32F2. The molecule has 0 bridgehead atoms. The molecule has 138 valence electrons. The fourth-order valence-electron chi connectivity index (χ4n) is 4.91. The van der Waals surface area contributed by atoms with Gasteiger partial charge in [0.2, 0.25) is 0 Å². The zero-order chi connectivity index (χ0) is 17.6. The Hall–Kier alpha value is -1.18. The van der Waals surface area contributed by atoms with Crippen molar-refractivity contribution in [3.05, 3.63) is 41.5 Å². The lowest BCUT2D eigenvalue weighted by Gasteiger charge is -2.35. The molecule has 0 saturated heterocycles. The van der Waals surface area contributed by atoms with Gasteiger partial charge in [-0.25, -0.2) is 8.78 Å². The van der Waals surface area contributed by atoms with E-state index in [1.54, 1.807) is 6.07 Å². The van der Waals surface area contributed by atoms with E-state index < -0.39 is 11.6 Å². The first-order chi connectivity index (χ1) is 12.2. The van der Waals surface area contributed by atoms with Crippen LogP contribution in [0.3, 0.4) is 0 Å². The van der Waals surface area contributed by atoms with E-state index in [9.17, 15) is 8.78 Å². The molecule has 2 heteroatoms. The van der Waals surface area contributed by atoms with Gasteiger partial charge in [-0.2, -0.15) is 0 Å². The molecule has 0 nitrogen and oxygen atoms in total. The van der Waals surface area contributed by atoms with Gasteiger partial charge in [-0.05, 0) is 67.6 Å². The minimum Gasteiger partial charge on any atom is -0.207 e. The number of halogens is 2. The molecule has 2 aliphatic rings. The highest BCUT2D eigenvalue weighted by Crippen LogP contribution is 2.42. The number of rotatable bonds is 6. The first-order valence-corrected chi connectivity index (χ1v) is 10.3. The number of allylic oxidation sites excluding steroid dienone is 2. The van der Waals surface area contributed by atoms with Crippen LogP contribution < -0.4 is 0 Å². The lowest BCUT2D eigenvalue weighted by Crippen LogP contribution is -2.23. The summed E-state index contributed by atoms with van der Waals surface area (Å²) in [7, 11) is 0. The van der Waals surface area contributed by atoms with Crippen LogP contribution in [0.2, 0.25) is 0 Å². The number of hydrogen-bond acceptors (Lipinski definition) is 0. The Morgan fingerprint density at radius 3 is 2.40 bits per heavy atom. The molecule has 1 unspecified atom stereocenters. The maximum Gasteiger partial charge on any atom is 0.133 e. The Labute approximate surface area is 151 Å². The molecule has 3 rings (SSSR count). The number of benzene rings is 1. The third kappa shape index (κ3) is 4.92. The van der Waals surface area contributed by atoms with Crippen LogP contribution in [0.1, 0.15) is 83.1 Å². The summed E-state index contributed by atoms with van der Waals surface area (Å²) >= 11 is 0. The van der Waals surface area contributed by atoms with E-state index in [2.05, 4.69) is 13.0 Å². The molecular weight excluding hydrogens is 314 g/mol. The van der Waals surface area contributed by atoms with Gasteiger partial charge in [0.1, 0.15) is 11.6 Å². The highest BCUT2D eigenvalue weighted by molar-refractivity contribution is 5.66. The summed E-state index contributed by atoms with van der Waals surface area (Å²) in [4.78, 5) is 0. The summed E-state index contributed by atoms with van der Waals surface area (Å²) in [6.45, 7) is 2.28. The molecule has 0 amide bonds. The van der Waals surface area contributed by atoms with Gasteiger partial charge in [0.25, 0.3) is 0 Å². The van der Waals surface area contributed by atoms with Crippen molar-refractivity contribution < 1.29 is 8.78 Å². The molecule has 1 fully saturated rings. The lowest BCUT2D eigenvalue weighted by atomic mass is 9.70. The van der Waals surface area contributed by atoms with Gasteiger partial charge in [-0.15, -0.1) is 0 Å². The predicted octanol–water partition coefficient (Wildman–Crippen LogP) is 7.54. The van der Waals surface area contributed by atoms with E-state index in [1.807, 2.05) is 0 Å². The molecule has 0 aromatic heterocycles. The minimum absolute atomic E-state index is 0.419. The Kier molecular flexibility index (Phi) is 6.67. The van der Waals surface area contributed by atoms with Gasteiger partial charge in [0, 0.05) is 11.6 Å². The normalized spacial score (nSPS) is 27.2. The Bertz CT molecular complexity index is 582. The van der Waals surface area contributed by atoms with E-state index in [1.165, 1.54) is 57.4 Å². The molecule has 25 heavy (non-hydrogen) atoms. The van der Waals surface area contributed by atoms with Gasteiger partial charge in [0.05, 0.1) is 0 Å². The molecule has 1 saturated carbocycles. The first-order valence-electron chi connectivity index (χ1n) is 10.3. The van der Waals surface area contributed by atoms with E-state index in [0.29, 0.717) is 5.56 Å². The van der Waals surface area contributed by atoms with Crippen molar-refractivity contribution in [2.45, 2.75) is 77.6 Å². The van der Waals surface area contributed by atoms with Crippen LogP contribution in [-0.4, -0.2) is 0 Å². The standard InChI is InChI=1S/C23H32F2/c1-2-3-4-5-17-6-8-18(9-7-17)19-10-12-20(13-11-19)22-15-14-21(24)16-23(22)25/h12,14-19H,2-11,13H2,1H3/t17-,18-,19?. The third-order valence-electron chi connectivity index (χ3n) is 6.50. The average molecular weight is 347 g/mol. The minimum atomic E-state index is -0.494. The number of unbranched alkanes of at least 4 members (excludes halogenated alkanes) is 2. The Balaban J connectivity index is 1.50. The summed E-state index contributed by atoms with van der Waals surface area (Å²) in [5, 5.41) is 0. The maximum absolute atomic E-state index is 14.0. The summed E-state index contributed by atoms with van der Waals surface area (Å²) in [5.41, 5.74) is 1.67. The molecule has 0 aliphatic heterocycles. The van der Waals surface area contributed by atoms with Gasteiger partial charge in [-0.1, -0.05) is 51.5 Å². The van der Waals surface area contributed by atoms with Gasteiger partial charge < -0.3 is 0 Å². The second-order valence-electron chi connectivity index (χ2n) is 8.16. The van der Waals surface area contributed by atoms with Crippen LogP contribution in [0.15, 0.2) is 24.3 Å². The van der Waals surface area contributed by atoms with E-state index >= 15 is 0 Å². The number of hydrogen-bond donors (Lipinski definition) is 0. The molecule has 1 atom stereocenters. The molecule has 0 radical (unpaired) electrons. The second kappa shape index (κ2) is 8.96. The highest BCUT2D eigenvalue weighted by Gasteiger charge is 2.29. The monoisotopic (exact) mass is 346 g/mol. The average Bonchev–Trinajstić information content (AvgIpc) is 2.63. The van der Waals surface area contributed by atoms with E-state index in [0.717, 1.165) is 48.7 Å². The molecule has 1 aromatic rings. The SMILES string of the molecule is CCCCC[C@H]1CC[C@H](C2CC=C(c3ccc(F)cc3F)CC2)CC1. The first kappa shape index (κ1) is 18.6. The third-order valence-corrected chi connectivity index (χ3v) is 6.50. The fraction of sp³-hybridized carbons (Fsp3) is 0.652. The summed E-state index contributed by atoms with van der Waals surface area (Å²) in [5.74, 6) is 1.68. The van der Waals surface area contributed by atoms with Crippen LogP contribution in [0.5, 0.6) is 0 Å². The topological polar surface area (TPSA) is 0 Å². The van der Waals surface area contributed by atoms with Crippen LogP contribution in [0.4, 0.5) is 8.78 Å². The van der Waals surface area contributed by atoms with Crippen LogP contribution in [-0.2, 0) is 0 Å².